The number of halogens is 2. The summed E-state index contributed by atoms with van der Waals surface area (Å²) in [7, 11) is 0. The smallest absolute Gasteiger partial charge is 0.269 e. The molecule has 0 bridgehead atoms. The Morgan fingerprint density at radius 2 is 1.73 bits per heavy atom. The Morgan fingerprint density at radius 3 is 2.41 bits per heavy atom. The highest BCUT2D eigenvalue weighted by molar-refractivity contribution is 6.42. The maximum Gasteiger partial charge on any atom is 0.269 e. The highest BCUT2D eigenvalue weighted by Gasteiger charge is 2.10. The van der Waals surface area contributed by atoms with Crippen LogP contribution in [0, 0.1) is 6.92 Å². The number of hydrogen-bond acceptors (Lipinski definition) is 2. The van der Waals surface area contributed by atoms with E-state index in [1.54, 1.807) is 30.3 Å². The van der Waals surface area contributed by atoms with Crippen LogP contribution >= 0.6 is 23.2 Å². The molecule has 0 saturated carbocycles. The first-order valence-electron chi connectivity index (χ1n) is 6.56. The van der Waals surface area contributed by atoms with E-state index in [0.717, 1.165) is 5.56 Å². The largest absolute Gasteiger partial charge is 0.273 e. The summed E-state index contributed by atoms with van der Waals surface area (Å²) >= 11 is 11.7. The lowest BCUT2D eigenvalue weighted by atomic mass is 10.1. The molecule has 4 nitrogen and oxygen atoms in total. The second-order valence-electron chi connectivity index (χ2n) is 4.74. The maximum absolute atomic E-state index is 12.0. The Kier molecular flexibility index (Phi) is 5.41. The average molecular weight is 337 g/mol. The van der Waals surface area contributed by atoms with Crippen LogP contribution in [-0.4, -0.2) is 11.8 Å². The first kappa shape index (κ1) is 16.3. The molecule has 114 valence electrons. The van der Waals surface area contributed by atoms with Gasteiger partial charge in [0.05, 0.1) is 16.5 Å². The molecule has 0 saturated heterocycles. The Balaban J connectivity index is 1.91. The minimum absolute atomic E-state index is 0.0882. The molecule has 0 aromatic heterocycles. The molecule has 0 aliphatic rings. The molecule has 0 aliphatic heterocycles. The van der Waals surface area contributed by atoms with Gasteiger partial charge in [0.1, 0.15) is 0 Å². The van der Waals surface area contributed by atoms with E-state index in [1.165, 1.54) is 0 Å². The monoisotopic (exact) mass is 336 g/mol. The van der Waals surface area contributed by atoms with Crippen molar-refractivity contribution < 1.29 is 9.59 Å². The van der Waals surface area contributed by atoms with E-state index in [-0.39, 0.29) is 18.2 Å². The van der Waals surface area contributed by atoms with Crippen LogP contribution in [0.15, 0.2) is 42.5 Å². The van der Waals surface area contributed by atoms with Crippen LogP contribution in [0.1, 0.15) is 21.5 Å². The van der Waals surface area contributed by atoms with E-state index in [0.29, 0.717) is 21.2 Å². The molecule has 2 aromatic rings. The number of carbonyl (C=O) groups is 2. The molecule has 0 aliphatic carbocycles. The number of rotatable bonds is 3. The highest BCUT2D eigenvalue weighted by Crippen LogP contribution is 2.22. The number of carbonyl (C=O) groups excluding carboxylic acids is 2. The molecule has 0 heterocycles. The Morgan fingerprint density at radius 1 is 1.00 bits per heavy atom. The van der Waals surface area contributed by atoms with Crippen LogP contribution in [-0.2, 0) is 11.2 Å². The second kappa shape index (κ2) is 7.29. The molecule has 2 amide bonds. The summed E-state index contributed by atoms with van der Waals surface area (Å²) < 4.78 is 0. The van der Waals surface area contributed by atoms with E-state index in [2.05, 4.69) is 10.9 Å². The van der Waals surface area contributed by atoms with Gasteiger partial charge in [-0.15, -0.1) is 0 Å². The molecule has 2 rings (SSSR count). The molecule has 22 heavy (non-hydrogen) atoms. The van der Waals surface area contributed by atoms with Gasteiger partial charge < -0.3 is 0 Å². The van der Waals surface area contributed by atoms with Crippen molar-refractivity contribution in [2.24, 2.45) is 0 Å². The molecule has 0 atom stereocenters. The van der Waals surface area contributed by atoms with E-state index >= 15 is 0 Å². The number of nitrogens with one attached hydrogen (secondary N) is 2. The van der Waals surface area contributed by atoms with E-state index in [9.17, 15) is 9.59 Å². The van der Waals surface area contributed by atoms with Crippen molar-refractivity contribution in [3.63, 3.8) is 0 Å². The standard InChI is InChI=1S/C16H14Cl2N2O2/c1-10-4-2-3-5-12(10)16(22)20-19-15(21)9-11-6-7-13(17)14(18)8-11/h2-8H,9H2,1H3,(H,19,21)(H,20,22). The predicted molar refractivity (Wildman–Crippen MR) is 87.0 cm³/mol. The second-order valence-corrected chi connectivity index (χ2v) is 5.56. The third-order valence-electron chi connectivity index (χ3n) is 3.05. The summed E-state index contributed by atoms with van der Waals surface area (Å²) in [5.74, 6) is -0.707. The summed E-state index contributed by atoms with van der Waals surface area (Å²) in [4.78, 5) is 23.8. The van der Waals surface area contributed by atoms with Crippen molar-refractivity contribution in [3.8, 4) is 0 Å². The minimum Gasteiger partial charge on any atom is -0.273 e. The summed E-state index contributed by atoms with van der Waals surface area (Å²) in [5, 5.41) is 0.814. The topological polar surface area (TPSA) is 58.2 Å². The summed E-state index contributed by atoms with van der Waals surface area (Å²) in [5.41, 5.74) is 6.81. The van der Waals surface area contributed by atoms with Crippen molar-refractivity contribution in [2.75, 3.05) is 0 Å². The molecule has 0 fully saturated rings. The van der Waals surface area contributed by atoms with Gasteiger partial charge in [-0.1, -0.05) is 47.5 Å². The van der Waals surface area contributed by atoms with Crippen LogP contribution in [0.25, 0.3) is 0 Å². The van der Waals surface area contributed by atoms with Crippen molar-refractivity contribution in [3.05, 3.63) is 69.2 Å². The van der Waals surface area contributed by atoms with Crippen molar-refractivity contribution in [1.82, 2.24) is 10.9 Å². The first-order valence-corrected chi connectivity index (χ1v) is 7.31. The molecular weight excluding hydrogens is 323 g/mol. The lowest BCUT2D eigenvalue weighted by Gasteiger charge is -2.09. The van der Waals surface area contributed by atoms with Crippen molar-refractivity contribution in [1.29, 1.82) is 0 Å². The zero-order valence-electron chi connectivity index (χ0n) is 11.8. The third kappa shape index (κ3) is 4.23. The predicted octanol–water partition coefficient (Wildman–Crippen LogP) is 3.31. The van der Waals surface area contributed by atoms with Gasteiger partial charge in [0, 0.05) is 5.56 Å². The van der Waals surface area contributed by atoms with Crippen LogP contribution in [0.5, 0.6) is 0 Å². The van der Waals surface area contributed by atoms with Gasteiger partial charge in [0.2, 0.25) is 5.91 Å². The molecule has 2 N–H and O–H groups in total. The molecule has 0 spiro atoms. The van der Waals surface area contributed by atoms with E-state index in [4.69, 9.17) is 23.2 Å². The number of hydrogen-bond donors (Lipinski definition) is 2. The highest BCUT2D eigenvalue weighted by atomic mass is 35.5. The molecule has 0 unspecified atom stereocenters. The normalized spacial score (nSPS) is 10.1. The van der Waals surface area contributed by atoms with Crippen LogP contribution in [0.4, 0.5) is 0 Å². The lowest BCUT2D eigenvalue weighted by Crippen LogP contribution is -2.42. The zero-order valence-corrected chi connectivity index (χ0v) is 13.3. The van der Waals surface area contributed by atoms with Gasteiger partial charge in [-0.25, -0.2) is 0 Å². The minimum atomic E-state index is -0.361. The SMILES string of the molecule is Cc1ccccc1C(=O)NNC(=O)Cc1ccc(Cl)c(Cl)c1. The van der Waals surface area contributed by atoms with Crippen LogP contribution in [0.2, 0.25) is 10.0 Å². The number of hydrazine groups is 1. The maximum atomic E-state index is 12.0. The summed E-state index contributed by atoms with van der Waals surface area (Å²) in [6, 6.07) is 12.1. The van der Waals surface area contributed by atoms with Gasteiger partial charge in [-0.2, -0.15) is 0 Å². The molecular formula is C16H14Cl2N2O2. The quantitative estimate of drug-likeness (QED) is 0.845. The van der Waals surface area contributed by atoms with Crippen LogP contribution in [0.3, 0.4) is 0 Å². The Bertz CT molecular complexity index is 717. The molecule has 6 heteroatoms. The molecule has 2 aromatic carbocycles. The van der Waals surface area contributed by atoms with Crippen molar-refractivity contribution in [2.45, 2.75) is 13.3 Å². The van der Waals surface area contributed by atoms with Gasteiger partial charge >= 0.3 is 0 Å². The van der Waals surface area contributed by atoms with E-state index < -0.39 is 0 Å². The molecule has 0 radical (unpaired) electrons. The summed E-state index contributed by atoms with van der Waals surface area (Å²) in [6.45, 7) is 1.83. The summed E-state index contributed by atoms with van der Waals surface area (Å²) in [6.07, 6.45) is 0.0882. The fraction of sp³-hybridized carbons (Fsp3) is 0.125. The van der Waals surface area contributed by atoms with Gasteiger partial charge in [0.25, 0.3) is 5.91 Å². The average Bonchev–Trinajstić information content (AvgIpc) is 2.49. The number of benzene rings is 2. The lowest BCUT2D eigenvalue weighted by molar-refractivity contribution is -0.121. The van der Waals surface area contributed by atoms with Gasteiger partial charge in [-0.05, 0) is 36.2 Å². The fourth-order valence-electron chi connectivity index (χ4n) is 1.90. The Hall–Kier alpha value is -2.04. The number of amides is 2. The van der Waals surface area contributed by atoms with Crippen molar-refractivity contribution >= 4 is 35.0 Å². The van der Waals surface area contributed by atoms with Gasteiger partial charge in [0.15, 0.2) is 0 Å². The van der Waals surface area contributed by atoms with Crippen LogP contribution < -0.4 is 10.9 Å². The zero-order chi connectivity index (χ0) is 16.1. The Labute approximate surface area is 138 Å². The third-order valence-corrected chi connectivity index (χ3v) is 3.79. The van der Waals surface area contributed by atoms with E-state index in [1.807, 2.05) is 19.1 Å². The fourth-order valence-corrected chi connectivity index (χ4v) is 2.22. The first-order chi connectivity index (χ1) is 10.5. The number of aryl methyl sites for hydroxylation is 1. The van der Waals surface area contributed by atoms with Gasteiger partial charge in [-0.3, -0.25) is 20.4 Å².